The molecule has 26 heavy (non-hydrogen) atoms. The van der Waals surface area contributed by atoms with Gasteiger partial charge in [-0.25, -0.2) is 4.79 Å². The Morgan fingerprint density at radius 1 is 1.15 bits per heavy atom. The van der Waals surface area contributed by atoms with Crippen LogP contribution >= 0.6 is 0 Å². The Kier molecular flexibility index (Phi) is 4.03. The first kappa shape index (κ1) is 16.4. The summed E-state index contributed by atoms with van der Waals surface area (Å²) in [5, 5.41) is 0. The number of nitrogens with zero attached hydrogens (tertiary/aromatic N) is 2. The van der Waals surface area contributed by atoms with Gasteiger partial charge in [0.15, 0.2) is 0 Å². The van der Waals surface area contributed by atoms with E-state index in [0.717, 1.165) is 45.3 Å². The molecule has 1 aromatic rings. The summed E-state index contributed by atoms with van der Waals surface area (Å²) in [6.07, 6.45) is 7.73. The molecule has 1 amide bonds. The van der Waals surface area contributed by atoms with E-state index in [-0.39, 0.29) is 12.1 Å². The van der Waals surface area contributed by atoms with Crippen molar-refractivity contribution in [3.63, 3.8) is 0 Å². The van der Waals surface area contributed by atoms with Gasteiger partial charge in [0.2, 0.25) is 5.91 Å². The fourth-order valence-corrected chi connectivity index (χ4v) is 5.83. The van der Waals surface area contributed by atoms with Crippen molar-refractivity contribution in [2.24, 2.45) is 11.8 Å². The largest absolute Gasteiger partial charge is 0.458 e. The van der Waals surface area contributed by atoms with E-state index in [1.165, 1.54) is 12.8 Å². The Balaban J connectivity index is 1.28. The van der Waals surface area contributed by atoms with Crippen LogP contribution in [0.15, 0.2) is 18.3 Å². The molecule has 140 valence electrons. The number of hydrogen-bond donors (Lipinski definition) is 1. The molecular weight excluding hydrogens is 330 g/mol. The normalized spacial score (nSPS) is 37.0. The van der Waals surface area contributed by atoms with Gasteiger partial charge in [-0.2, -0.15) is 0 Å². The van der Waals surface area contributed by atoms with Gasteiger partial charge in [-0.3, -0.25) is 9.69 Å². The highest BCUT2D eigenvalue weighted by atomic mass is 16.5. The van der Waals surface area contributed by atoms with E-state index in [0.29, 0.717) is 35.5 Å². The Morgan fingerprint density at radius 2 is 2.04 bits per heavy atom. The van der Waals surface area contributed by atoms with E-state index in [2.05, 4.69) is 14.8 Å². The number of aromatic amines is 1. The van der Waals surface area contributed by atoms with Crippen LogP contribution in [-0.2, 0) is 9.53 Å². The number of rotatable bonds is 2. The molecule has 6 nitrogen and oxygen atoms in total. The van der Waals surface area contributed by atoms with Crippen molar-refractivity contribution in [1.82, 2.24) is 14.8 Å². The summed E-state index contributed by atoms with van der Waals surface area (Å²) in [4.78, 5) is 32.4. The first-order valence-corrected chi connectivity index (χ1v) is 10.1. The van der Waals surface area contributed by atoms with E-state index < -0.39 is 0 Å². The monoisotopic (exact) mass is 357 g/mol. The molecule has 0 spiro atoms. The molecule has 5 atom stereocenters. The Bertz CT molecular complexity index is 688. The number of piperidine rings is 4. The number of carbonyl (C=O) groups is 2. The quantitative estimate of drug-likeness (QED) is 0.823. The Morgan fingerprint density at radius 3 is 2.88 bits per heavy atom. The number of H-pyrrole nitrogens is 1. The van der Waals surface area contributed by atoms with Crippen molar-refractivity contribution >= 4 is 11.9 Å². The predicted molar refractivity (Wildman–Crippen MR) is 95.5 cm³/mol. The molecule has 5 rings (SSSR count). The molecule has 1 N–H and O–H groups in total. The van der Waals surface area contributed by atoms with Crippen LogP contribution in [0.25, 0.3) is 0 Å². The second-order valence-corrected chi connectivity index (χ2v) is 8.46. The minimum atomic E-state index is -0.253. The summed E-state index contributed by atoms with van der Waals surface area (Å²) in [7, 11) is 0. The van der Waals surface area contributed by atoms with Crippen LogP contribution in [0.2, 0.25) is 0 Å². The highest BCUT2D eigenvalue weighted by Gasteiger charge is 2.49. The molecular formula is C20H27N3O3. The average Bonchev–Trinajstić information content (AvgIpc) is 3.18. The highest BCUT2D eigenvalue weighted by molar-refractivity contribution is 5.87. The predicted octanol–water partition coefficient (Wildman–Crippen LogP) is 2.04. The SMILES string of the molecule is O=C(O[C@H]1CCN2CC3CC(CN4C(=O)CCCC34)C2C1)c1ccc[nH]1. The third-order valence-electron chi connectivity index (χ3n) is 7.01. The van der Waals surface area contributed by atoms with Crippen molar-refractivity contribution in [3.05, 3.63) is 24.0 Å². The van der Waals surface area contributed by atoms with Gasteiger partial charge in [0.05, 0.1) is 0 Å². The maximum atomic E-state index is 12.4. The summed E-state index contributed by atoms with van der Waals surface area (Å²) in [5.74, 6) is 1.26. The Hall–Kier alpha value is -1.82. The third-order valence-corrected chi connectivity index (χ3v) is 7.01. The number of carbonyl (C=O) groups excluding carboxylic acids is 2. The molecule has 0 saturated carbocycles. The first-order chi connectivity index (χ1) is 12.7. The topological polar surface area (TPSA) is 65.6 Å². The number of aromatic nitrogens is 1. The fraction of sp³-hybridized carbons (Fsp3) is 0.700. The molecule has 6 heteroatoms. The number of nitrogens with one attached hydrogen (secondary N) is 1. The zero-order valence-corrected chi connectivity index (χ0v) is 15.1. The van der Waals surface area contributed by atoms with Crippen LogP contribution in [-0.4, -0.2) is 64.5 Å². The average molecular weight is 357 g/mol. The lowest BCUT2D eigenvalue weighted by Gasteiger charge is -2.57. The molecule has 1 aromatic heterocycles. The highest BCUT2D eigenvalue weighted by Crippen LogP contribution is 2.43. The van der Waals surface area contributed by atoms with E-state index in [1.54, 1.807) is 12.3 Å². The minimum absolute atomic E-state index is 0.0154. The molecule has 4 unspecified atom stereocenters. The molecule has 4 fully saturated rings. The summed E-state index contributed by atoms with van der Waals surface area (Å²) < 4.78 is 5.77. The Labute approximate surface area is 153 Å². The van der Waals surface area contributed by atoms with Crippen LogP contribution in [0.5, 0.6) is 0 Å². The van der Waals surface area contributed by atoms with Gasteiger partial charge in [0.25, 0.3) is 0 Å². The number of fused-ring (bicyclic) bond motifs is 6. The van der Waals surface area contributed by atoms with Crippen molar-refractivity contribution in [2.45, 2.75) is 56.7 Å². The lowest BCUT2D eigenvalue weighted by atomic mass is 9.70. The van der Waals surface area contributed by atoms with Crippen molar-refractivity contribution < 1.29 is 14.3 Å². The van der Waals surface area contributed by atoms with Gasteiger partial charge in [0.1, 0.15) is 11.8 Å². The van der Waals surface area contributed by atoms with Crippen LogP contribution in [0.1, 0.15) is 49.0 Å². The molecule has 2 bridgehead atoms. The smallest absolute Gasteiger partial charge is 0.355 e. The molecule has 5 heterocycles. The maximum Gasteiger partial charge on any atom is 0.355 e. The van der Waals surface area contributed by atoms with Crippen LogP contribution in [0.3, 0.4) is 0 Å². The molecule has 0 radical (unpaired) electrons. The summed E-state index contributed by atoms with van der Waals surface area (Å²) in [6, 6.07) is 4.48. The second-order valence-electron chi connectivity index (χ2n) is 8.46. The van der Waals surface area contributed by atoms with Crippen LogP contribution in [0, 0.1) is 11.8 Å². The summed E-state index contributed by atoms with van der Waals surface area (Å²) in [5.41, 5.74) is 0.524. The van der Waals surface area contributed by atoms with Crippen LogP contribution in [0.4, 0.5) is 0 Å². The van der Waals surface area contributed by atoms with Crippen LogP contribution < -0.4 is 0 Å². The second kappa shape index (κ2) is 6.41. The van der Waals surface area contributed by atoms with E-state index in [4.69, 9.17) is 4.74 Å². The number of esters is 1. The fourth-order valence-electron chi connectivity index (χ4n) is 5.83. The summed E-state index contributed by atoms with van der Waals surface area (Å²) in [6.45, 7) is 3.01. The number of amides is 1. The van der Waals surface area contributed by atoms with Crippen molar-refractivity contribution in [1.29, 1.82) is 0 Å². The zero-order chi connectivity index (χ0) is 17.7. The van der Waals surface area contributed by atoms with Gasteiger partial charge < -0.3 is 14.6 Å². The maximum absolute atomic E-state index is 12.4. The van der Waals surface area contributed by atoms with Crippen molar-refractivity contribution in [3.8, 4) is 0 Å². The lowest BCUT2D eigenvalue weighted by Crippen LogP contribution is -2.65. The molecule has 4 aliphatic heterocycles. The molecule has 4 saturated heterocycles. The van der Waals surface area contributed by atoms with E-state index >= 15 is 0 Å². The number of ether oxygens (including phenoxy) is 1. The van der Waals surface area contributed by atoms with Gasteiger partial charge >= 0.3 is 5.97 Å². The van der Waals surface area contributed by atoms with E-state index in [1.807, 2.05) is 6.07 Å². The van der Waals surface area contributed by atoms with E-state index in [9.17, 15) is 9.59 Å². The summed E-state index contributed by atoms with van der Waals surface area (Å²) >= 11 is 0. The third kappa shape index (κ3) is 2.75. The zero-order valence-electron chi connectivity index (χ0n) is 15.1. The van der Waals surface area contributed by atoms with Crippen molar-refractivity contribution in [2.75, 3.05) is 19.6 Å². The van der Waals surface area contributed by atoms with Gasteiger partial charge in [-0.05, 0) is 49.7 Å². The standard InChI is InChI=1S/C20H27N3O3/c24-19-5-1-4-17-13-9-14(12-23(17)19)18-10-15(6-8-22(18)11-13)26-20(25)16-3-2-7-21-16/h2-3,7,13-15,17-18,21H,1,4-6,8-12H2/t13?,14?,15-,17?,18?/m0/s1. The molecule has 0 aromatic carbocycles. The lowest BCUT2D eigenvalue weighted by molar-refractivity contribution is -0.150. The molecule has 4 aliphatic rings. The first-order valence-electron chi connectivity index (χ1n) is 10.1. The van der Waals surface area contributed by atoms with Gasteiger partial charge in [0, 0.05) is 50.8 Å². The minimum Gasteiger partial charge on any atom is -0.458 e. The van der Waals surface area contributed by atoms with Gasteiger partial charge in [-0.15, -0.1) is 0 Å². The molecule has 0 aliphatic carbocycles. The number of hydrogen-bond acceptors (Lipinski definition) is 4. The van der Waals surface area contributed by atoms with Gasteiger partial charge in [-0.1, -0.05) is 0 Å².